The highest BCUT2D eigenvalue weighted by Gasteiger charge is 2.29. The van der Waals surface area contributed by atoms with Crippen molar-refractivity contribution >= 4 is 39.2 Å². The van der Waals surface area contributed by atoms with Crippen LogP contribution in [0.3, 0.4) is 0 Å². The van der Waals surface area contributed by atoms with Gasteiger partial charge in [-0.1, -0.05) is 30.0 Å². The minimum Gasteiger partial charge on any atom is -0.452 e. The molecule has 0 unspecified atom stereocenters. The molecule has 1 aliphatic rings. The van der Waals surface area contributed by atoms with Crippen LogP contribution in [0.1, 0.15) is 16.8 Å². The van der Waals surface area contributed by atoms with Crippen molar-refractivity contribution in [3.63, 3.8) is 0 Å². The van der Waals surface area contributed by atoms with Gasteiger partial charge < -0.3 is 10.1 Å². The Morgan fingerprint density at radius 3 is 2.57 bits per heavy atom. The van der Waals surface area contributed by atoms with Gasteiger partial charge in [-0.3, -0.25) is 14.9 Å². The van der Waals surface area contributed by atoms with Gasteiger partial charge in [0, 0.05) is 17.0 Å². The second-order valence-corrected chi connectivity index (χ2v) is 9.94. The number of nitro groups is 1. The van der Waals surface area contributed by atoms with E-state index in [2.05, 4.69) is 5.32 Å². The fourth-order valence-electron chi connectivity index (χ4n) is 2.88. The number of rotatable bonds is 7. The zero-order valence-electron chi connectivity index (χ0n) is 15.6. The van der Waals surface area contributed by atoms with E-state index in [-0.39, 0.29) is 22.8 Å². The molecule has 1 fully saturated rings. The van der Waals surface area contributed by atoms with E-state index in [1.807, 2.05) is 30.3 Å². The van der Waals surface area contributed by atoms with Gasteiger partial charge in [-0.2, -0.15) is 0 Å². The number of benzene rings is 2. The summed E-state index contributed by atoms with van der Waals surface area (Å²) in [6.45, 7) is -0.607. The molecule has 0 bridgehead atoms. The number of hydrogen-bond acceptors (Lipinski definition) is 8. The predicted molar refractivity (Wildman–Crippen MR) is 109 cm³/mol. The van der Waals surface area contributed by atoms with Gasteiger partial charge in [-0.05, 0) is 30.7 Å². The van der Waals surface area contributed by atoms with Crippen LogP contribution >= 0.6 is 11.8 Å². The maximum absolute atomic E-state index is 12.2. The van der Waals surface area contributed by atoms with Crippen LogP contribution in [0.25, 0.3) is 0 Å². The van der Waals surface area contributed by atoms with E-state index in [1.165, 1.54) is 23.9 Å². The molecule has 158 valence electrons. The number of carbonyl (C=O) groups excluding carboxylic acids is 2. The molecule has 0 aromatic heterocycles. The van der Waals surface area contributed by atoms with Crippen molar-refractivity contribution in [2.45, 2.75) is 22.3 Å². The molecule has 0 spiro atoms. The first kappa shape index (κ1) is 21.8. The highest BCUT2D eigenvalue weighted by Crippen LogP contribution is 2.35. The van der Waals surface area contributed by atoms with Crippen molar-refractivity contribution in [3.05, 3.63) is 64.2 Å². The molecule has 1 atom stereocenters. The molecule has 2 aromatic carbocycles. The first-order valence-corrected chi connectivity index (χ1v) is 11.6. The first-order valence-electron chi connectivity index (χ1n) is 8.92. The average Bonchev–Trinajstić information content (AvgIpc) is 3.05. The summed E-state index contributed by atoms with van der Waals surface area (Å²) >= 11 is 1.19. The van der Waals surface area contributed by atoms with Gasteiger partial charge in [-0.15, -0.1) is 0 Å². The summed E-state index contributed by atoms with van der Waals surface area (Å²) in [7, 11) is -3.14. The number of nitrogens with one attached hydrogen (secondary N) is 1. The number of nitro benzene ring substituents is 1. The summed E-state index contributed by atoms with van der Waals surface area (Å²) in [6, 6.07) is 12.5. The topological polar surface area (TPSA) is 133 Å². The molecule has 30 heavy (non-hydrogen) atoms. The Balaban J connectivity index is 1.62. The molecule has 1 aliphatic heterocycles. The lowest BCUT2D eigenvalue weighted by Gasteiger charge is -2.11. The van der Waals surface area contributed by atoms with Crippen molar-refractivity contribution in [3.8, 4) is 0 Å². The lowest BCUT2D eigenvalue weighted by molar-refractivity contribution is -0.387. The van der Waals surface area contributed by atoms with E-state index < -0.39 is 39.3 Å². The quantitative estimate of drug-likeness (QED) is 0.386. The number of nitrogens with zero attached hydrogens (tertiary/aromatic N) is 1. The zero-order valence-corrected chi connectivity index (χ0v) is 17.3. The summed E-state index contributed by atoms with van der Waals surface area (Å²) in [4.78, 5) is 36.1. The molecule has 1 saturated heterocycles. The van der Waals surface area contributed by atoms with Crippen LogP contribution in [0, 0.1) is 10.1 Å². The number of esters is 1. The maximum Gasteiger partial charge on any atom is 0.338 e. The van der Waals surface area contributed by atoms with Crippen LogP contribution in [0.15, 0.2) is 58.3 Å². The second-order valence-electron chi connectivity index (χ2n) is 6.60. The highest BCUT2D eigenvalue weighted by molar-refractivity contribution is 7.99. The van der Waals surface area contributed by atoms with E-state index in [4.69, 9.17) is 4.74 Å². The predicted octanol–water partition coefficient (Wildman–Crippen LogP) is 2.21. The maximum atomic E-state index is 12.2. The van der Waals surface area contributed by atoms with E-state index >= 15 is 0 Å². The fourth-order valence-corrected chi connectivity index (χ4v) is 5.48. The third-order valence-corrected chi connectivity index (χ3v) is 7.14. The van der Waals surface area contributed by atoms with Crippen molar-refractivity contribution in [1.29, 1.82) is 0 Å². The van der Waals surface area contributed by atoms with Crippen LogP contribution in [-0.4, -0.2) is 49.4 Å². The Labute approximate surface area is 176 Å². The standard InChI is InChI=1S/C19H18N2O7S2/c22-18(20-14-8-9-30(26,27)12-14)11-28-19(23)13-6-7-17(16(10-13)21(24)25)29-15-4-2-1-3-5-15/h1-7,10,14H,8-9,11-12H2,(H,20,22)/t14-/m0/s1. The minimum absolute atomic E-state index is 0.00867. The minimum atomic E-state index is -3.14. The molecular weight excluding hydrogens is 432 g/mol. The molecule has 11 heteroatoms. The van der Waals surface area contributed by atoms with Gasteiger partial charge in [0.05, 0.1) is 26.9 Å². The summed E-state index contributed by atoms with van der Waals surface area (Å²) < 4.78 is 27.7. The summed E-state index contributed by atoms with van der Waals surface area (Å²) in [5, 5.41) is 13.9. The molecule has 9 nitrogen and oxygen atoms in total. The van der Waals surface area contributed by atoms with Gasteiger partial charge in [0.25, 0.3) is 11.6 Å². The summed E-state index contributed by atoms with van der Waals surface area (Å²) in [5.41, 5.74) is -0.311. The van der Waals surface area contributed by atoms with Crippen LogP contribution in [-0.2, 0) is 19.4 Å². The molecular formula is C19H18N2O7S2. The highest BCUT2D eigenvalue weighted by atomic mass is 32.2. The Morgan fingerprint density at radius 1 is 1.20 bits per heavy atom. The van der Waals surface area contributed by atoms with E-state index in [0.717, 1.165) is 11.0 Å². The number of carbonyl (C=O) groups is 2. The normalized spacial score (nSPS) is 17.3. The Bertz CT molecular complexity index is 1070. The van der Waals surface area contributed by atoms with E-state index in [1.54, 1.807) is 0 Å². The average molecular weight is 450 g/mol. The van der Waals surface area contributed by atoms with Gasteiger partial charge in [0.1, 0.15) is 0 Å². The van der Waals surface area contributed by atoms with E-state index in [9.17, 15) is 28.1 Å². The van der Waals surface area contributed by atoms with E-state index in [0.29, 0.717) is 11.3 Å². The number of ether oxygens (including phenoxy) is 1. The lowest BCUT2D eigenvalue weighted by atomic mass is 10.2. The molecule has 1 amide bonds. The van der Waals surface area contributed by atoms with Gasteiger partial charge in [-0.25, -0.2) is 13.2 Å². The monoisotopic (exact) mass is 450 g/mol. The number of amides is 1. The summed E-state index contributed by atoms with van der Waals surface area (Å²) in [6.07, 6.45) is 0.314. The molecule has 0 aliphatic carbocycles. The van der Waals surface area contributed by atoms with Crippen LogP contribution in [0.4, 0.5) is 5.69 Å². The summed E-state index contributed by atoms with van der Waals surface area (Å²) in [5.74, 6) is -1.64. The number of sulfone groups is 1. The molecule has 0 radical (unpaired) electrons. The van der Waals surface area contributed by atoms with Gasteiger partial charge in [0.15, 0.2) is 16.4 Å². The van der Waals surface area contributed by atoms with Gasteiger partial charge in [0.2, 0.25) is 0 Å². The zero-order chi connectivity index (χ0) is 21.7. The SMILES string of the molecule is O=C(COC(=O)c1ccc(Sc2ccccc2)c([N+](=O)[O-])c1)N[C@H]1CCS(=O)(=O)C1. The Kier molecular flexibility index (Phi) is 6.73. The smallest absolute Gasteiger partial charge is 0.338 e. The van der Waals surface area contributed by atoms with Crippen LogP contribution < -0.4 is 5.32 Å². The van der Waals surface area contributed by atoms with Crippen molar-refractivity contribution < 1.29 is 27.7 Å². The third-order valence-electron chi connectivity index (χ3n) is 4.29. The first-order chi connectivity index (χ1) is 14.2. The fraction of sp³-hybridized carbons (Fsp3) is 0.263. The Hall–Kier alpha value is -2.92. The third kappa shape index (κ3) is 5.80. The molecule has 0 saturated carbocycles. The van der Waals surface area contributed by atoms with Crippen molar-refractivity contribution in [2.75, 3.05) is 18.1 Å². The van der Waals surface area contributed by atoms with Gasteiger partial charge >= 0.3 is 5.97 Å². The molecule has 2 aromatic rings. The lowest BCUT2D eigenvalue weighted by Crippen LogP contribution is -2.38. The second kappa shape index (κ2) is 9.26. The number of hydrogen-bond donors (Lipinski definition) is 1. The van der Waals surface area contributed by atoms with Crippen LogP contribution in [0.2, 0.25) is 0 Å². The van der Waals surface area contributed by atoms with Crippen molar-refractivity contribution in [1.82, 2.24) is 5.32 Å². The van der Waals surface area contributed by atoms with Crippen molar-refractivity contribution in [2.24, 2.45) is 0 Å². The largest absolute Gasteiger partial charge is 0.452 e. The Morgan fingerprint density at radius 2 is 1.93 bits per heavy atom. The van der Waals surface area contributed by atoms with Crippen LogP contribution in [0.5, 0.6) is 0 Å². The molecule has 1 N–H and O–H groups in total. The molecule has 1 heterocycles. The molecule has 3 rings (SSSR count).